The molecule has 0 radical (unpaired) electrons. The third-order valence-corrected chi connectivity index (χ3v) is 3.34. The van der Waals surface area contributed by atoms with Crippen LogP contribution in [0.25, 0.3) is 0 Å². The topological polar surface area (TPSA) is 18.5 Å². The van der Waals surface area contributed by atoms with Gasteiger partial charge >= 0.3 is 0 Å². The number of hydrogen-bond acceptors (Lipinski definition) is 2. The second-order valence-electron chi connectivity index (χ2n) is 3.81. The molecule has 17 heavy (non-hydrogen) atoms. The van der Waals surface area contributed by atoms with Crippen LogP contribution in [-0.4, -0.2) is 19.8 Å². The maximum absolute atomic E-state index is 5.78. The second kappa shape index (κ2) is 8.11. The highest BCUT2D eigenvalue weighted by Crippen LogP contribution is 2.29. The van der Waals surface area contributed by atoms with Crippen molar-refractivity contribution in [2.24, 2.45) is 0 Å². The first kappa shape index (κ1) is 15.0. The molecule has 1 rings (SSSR count). The molecule has 4 heteroatoms. The summed E-state index contributed by atoms with van der Waals surface area (Å²) >= 11 is 6.97. The van der Waals surface area contributed by atoms with Gasteiger partial charge in [0.1, 0.15) is 12.4 Å². The number of benzene rings is 1. The number of halogens is 2. The zero-order chi connectivity index (χ0) is 12.7. The van der Waals surface area contributed by atoms with Crippen molar-refractivity contribution >= 4 is 31.9 Å². The summed E-state index contributed by atoms with van der Waals surface area (Å²) in [7, 11) is 0. The molecule has 0 amide bonds. The molecule has 96 valence electrons. The van der Waals surface area contributed by atoms with Crippen molar-refractivity contribution in [2.75, 3.05) is 19.8 Å². The summed E-state index contributed by atoms with van der Waals surface area (Å²) < 4.78 is 12.3. The van der Waals surface area contributed by atoms with Gasteiger partial charge in [0.15, 0.2) is 0 Å². The van der Waals surface area contributed by atoms with E-state index in [-0.39, 0.29) is 0 Å². The van der Waals surface area contributed by atoms with Crippen LogP contribution in [0.15, 0.2) is 16.6 Å². The molecule has 0 aliphatic carbocycles. The Morgan fingerprint density at radius 1 is 1.18 bits per heavy atom. The molecule has 0 aliphatic rings. The lowest BCUT2D eigenvalue weighted by atomic mass is 10.1. The predicted octanol–water partition coefficient (Wildman–Crippen LogP) is 4.46. The standard InChI is InChI=1S/C13H18Br2O2/c1-3-4-16-5-6-17-13-10(2)7-12(15)8-11(13)9-14/h7-8H,3-6,9H2,1-2H3. The van der Waals surface area contributed by atoms with Crippen LogP contribution in [-0.2, 0) is 10.1 Å². The summed E-state index contributed by atoms with van der Waals surface area (Å²) in [6, 6.07) is 4.14. The highest BCUT2D eigenvalue weighted by molar-refractivity contribution is 9.10. The van der Waals surface area contributed by atoms with Crippen LogP contribution in [0.4, 0.5) is 0 Å². The monoisotopic (exact) mass is 364 g/mol. The Kier molecular flexibility index (Phi) is 7.16. The van der Waals surface area contributed by atoms with Gasteiger partial charge in [0.2, 0.25) is 0 Å². The fraction of sp³-hybridized carbons (Fsp3) is 0.538. The van der Waals surface area contributed by atoms with Crippen LogP contribution in [0.5, 0.6) is 5.75 Å². The Morgan fingerprint density at radius 2 is 1.94 bits per heavy atom. The van der Waals surface area contributed by atoms with Crippen LogP contribution in [0.3, 0.4) is 0 Å². The summed E-state index contributed by atoms with van der Waals surface area (Å²) in [5.41, 5.74) is 2.30. The minimum Gasteiger partial charge on any atom is -0.491 e. The van der Waals surface area contributed by atoms with Crippen LogP contribution in [0.2, 0.25) is 0 Å². The third-order valence-electron chi connectivity index (χ3n) is 2.28. The molecule has 0 spiro atoms. The van der Waals surface area contributed by atoms with Gasteiger partial charge in [0.25, 0.3) is 0 Å². The van der Waals surface area contributed by atoms with Crippen molar-refractivity contribution in [3.63, 3.8) is 0 Å². The van der Waals surface area contributed by atoms with E-state index in [9.17, 15) is 0 Å². The fourth-order valence-corrected chi connectivity index (χ4v) is 2.59. The van der Waals surface area contributed by atoms with E-state index in [0.717, 1.165) is 39.7 Å². The van der Waals surface area contributed by atoms with E-state index in [4.69, 9.17) is 9.47 Å². The normalized spacial score (nSPS) is 10.6. The first-order valence-electron chi connectivity index (χ1n) is 5.74. The van der Waals surface area contributed by atoms with E-state index in [2.05, 4.69) is 57.8 Å². The maximum atomic E-state index is 5.78. The fourth-order valence-electron chi connectivity index (χ4n) is 1.55. The van der Waals surface area contributed by atoms with Gasteiger partial charge in [0, 0.05) is 22.0 Å². The van der Waals surface area contributed by atoms with Gasteiger partial charge in [-0.15, -0.1) is 0 Å². The molecular weight excluding hydrogens is 348 g/mol. The van der Waals surface area contributed by atoms with E-state index in [0.29, 0.717) is 13.2 Å². The lowest BCUT2D eigenvalue weighted by Gasteiger charge is -2.13. The lowest BCUT2D eigenvalue weighted by molar-refractivity contribution is 0.100. The molecule has 0 N–H and O–H groups in total. The van der Waals surface area contributed by atoms with Gasteiger partial charge in [-0.2, -0.15) is 0 Å². The van der Waals surface area contributed by atoms with Crippen molar-refractivity contribution in [3.05, 3.63) is 27.7 Å². The molecule has 0 heterocycles. The van der Waals surface area contributed by atoms with Gasteiger partial charge in [-0.1, -0.05) is 38.8 Å². The molecule has 0 atom stereocenters. The molecule has 0 unspecified atom stereocenters. The molecule has 0 aromatic heterocycles. The molecule has 0 aliphatic heterocycles. The molecule has 1 aromatic rings. The van der Waals surface area contributed by atoms with Crippen LogP contribution in [0.1, 0.15) is 24.5 Å². The number of alkyl halides is 1. The van der Waals surface area contributed by atoms with Crippen molar-refractivity contribution in [1.82, 2.24) is 0 Å². The molecular formula is C13H18Br2O2. The van der Waals surface area contributed by atoms with Crippen molar-refractivity contribution < 1.29 is 9.47 Å². The number of hydrogen-bond donors (Lipinski definition) is 0. The Labute approximate surface area is 120 Å². The highest BCUT2D eigenvalue weighted by atomic mass is 79.9. The Hall–Kier alpha value is -0.0600. The summed E-state index contributed by atoms with van der Waals surface area (Å²) in [6.45, 7) is 6.20. The van der Waals surface area contributed by atoms with Crippen LogP contribution >= 0.6 is 31.9 Å². The smallest absolute Gasteiger partial charge is 0.126 e. The highest BCUT2D eigenvalue weighted by Gasteiger charge is 2.07. The predicted molar refractivity (Wildman–Crippen MR) is 78.1 cm³/mol. The molecule has 0 saturated carbocycles. The Morgan fingerprint density at radius 3 is 2.59 bits per heavy atom. The van der Waals surface area contributed by atoms with E-state index < -0.39 is 0 Å². The number of aryl methyl sites for hydroxylation is 1. The zero-order valence-electron chi connectivity index (χ0n) is 10.3. The van der Waals surface area contributed by atoms with Gasteiger partial charge in [-0.25, -0.2) is 0 Å². The zero-order valence-corrected chi connectivity index (χ0v) is 13.4. The lowest BCUT2D eigenvalue weighted by Crippen LogP contribution is -2.09. The van der Waals surface area contributed by atoms with Gasteiger partial charge < -0.3 is 9.47 Å². The van der Waals surface area contributed by atoms with E-state index in [1.54, 1.807) is 0 Å². The largest absolute Gasteiger partial charge is 0.491 e. The first-order valence-corrected chi connectivity index (χ1v) is 7.66. The van der Waals surface area contributed by atoms with E-state index in [1.165, 1.54) is 0 Å². The summed E-state index contributed by atoms with van der Waals surface area (Å²) in [6.07, 6.45) is 1.05. The van der Waals surface area contributed by atoms with Gasteiger partial charge in [-0.3, -0.25) is 0 Å². The van der Waals surface area contributed by atoms with Crippen molar-refractivity contribution in [3.8, 4) is 5.75 Å². The minimum atomic E-state index is 0.600. The Balaban J connectivity index is 2.57. The van der Waals surface area contributed by atoms with Crippen LogP contribution in [0, 0.1) is 6.92 Å². The molecule has 0 bridgehead atoms. The van der Waals surface area contributed by atoms with Crippen molar-refractivity contribution in [1.29, 1.82) is 0 Å². The molecule has 0 fully saturated rings. The summed E-state index contributed by atoms with van der Waals surface area (Å²) in [4.78, 5) is 0. The van der Waals surface area contributed by atoms with E-state index >= 15 is 0 Å². The quantitative estimate of drug-likeness (QED) is 0.524. The average Bonchev–Trinajstić information content (AvgIpc) is 2.30. The van der Waals surface area contributed by atoms with E-state index in [1.807, 2.05) is 0 Å². The number of rotatable bonds is 7. The first-order chi connectivity index (χ1) is 8.19. The Bertz CT molecular complexity index is 354. The summed E-state index contributed by atoms with van der Waals surface area (Å²) in [5.74, 6) is 0.963. The second-order valence-corrected chi connectivity index (χ2v) is 5.28. The SMILES string of the molecule is CCCOCCOc1c(C)cc(Br)cc1CBr. The third kappa shape index (κ3) is 4.98. The van der Waals surface area contributed by atoms with Crippen LogP contribution < -0.4 is 4.74 Å². The van der Waals surface area contributed by atoms with Crippen molar-refractivity contribution in [2.45, 2.75) is 25.6 Å². The summed E-state index contributed by atoms with van der Waals surface area (Å²) in [5, 5.41) is 0.790. The number of ether oxygens (including phenoxy) is 2. The average molecular weight is 366 g/mol. The molecule has 0 saturated heterocycles. The van der Waals surface area contributed by atoms with Gasteiger partial charge in [0.05, 0.1) is 6.61 Å². The maximum Gasteiger partial charge on any atom is 0.126 e. The van der Waals surface area contributed by atoms with Gasteiger partial charge in [-0.05, 0) is 31.0 Å². The molecule has 1 aromatic carbocycles. The molecule has 2 nitrogen and oxygen atoms in total. The minimum absolute atomic E-state index is 0.600.